The fourth-order valence-corrected chi connectivity index (χ4v) is 2.12. The monoisotopic (exact) mass is 306 g/mol. The van der Waals surface area contributed by atoms with Crippen LogP contribution in [0.15, 0.2) is 18.2 Å². The molecule has 0 saturated carbocycles. The first-order valence-electron chi connectivity index (χ1n) is 7.55. The molecule has 0 saturated heterocycles. The third-order valence-corrected chi connectivity index (χ3v) is 3.42. The second-order valence-electron chi connectivity index (χ2n) is 5.79. The Morgan fingerprint density at radius 1 is 1.27 bits per heavy atom. The number of hydrogen-bond acceptors (Lipinski definition) is 4. The van der Waals surface area contributed by atoms with Crippen molar-refractivity contribution in [3.8, 4) is 5.75 Å². The van der Waals surface area contributed by atoms with Crippen molar-refractivity contribution < 1.29 is 14.3 Å². The van der Waals surface area contributed by atoms with Crippen LogP contribution in [0, 0.1) is 13.8 Å². The highest BCUT2D eigenvalue weighted by Gasteiger charge is 2.17. The summed E-state index contributed by atoms with van der Waals surface area (Å²) < 4.78 is 5.80. The van der Waals surface area contributed by atoms with E-state index in [1.165, 1.54) is 6.92 Å². The standard InChI is InChI=1S/C17H26N2O3/c1-11-6-5-7-12(2)16(11)22-10-13(3)19-17(21)15(18)9-8-14(4)20/h5-7,13,15H,8-10,18H2,1-4H3,(H,19,21)/t13?,15-/m0/s1. The fraction of sp³-hybridized carbons (Fsp3) is 0.529. The minimum atomic E-state index is -0.661. The lowest BCUT2D eigenvalue weighted by atomic mass is 10.1. The van der Waals surface area contributed by atoms with Gasteiger partial charge in [-0.05, 0) is 45.2 Å². The maximum Gasteiger partial charge on any atom is 0.237 e. The van der Waals surface area contributed by atoms with E-state index in [1.54, 1.807) is 0 Å². The zero-order valence-electron chi connectivity index (χ0n) is 13.8. The number of carbonyl (C=O) groups excluding carboxylic acids is 2. The van der Waals surface area contributed by atoms with Gasteiger partial charge < -0.3 is 20.6 Å². The molecule has 1 rings (SSSR count). The predicted molar refractivity (Wildman–Crippen MR) is 86.9 cm³/mol. The lowest BCUT2D eigenvalue weighted by molar-refractivity contribution is -0.123. The van der Waals surface area contributed by atoms with Crippen LogP contribution in [0.5, 0.6) is 5.75 Å². The third-order valence-electron chi connectivity index (χ3n) is 3.42. The number of aryl methyl sites for hydroxylation is 2. The van der Waals surface area contributed by atoms with Crippen molar-refractivity contribution in [2.24, 2.45) is 5.73 Å². The molecule has 0 heterocycles. The Morgan fingerprint density at radius 3 is 2.41 bits per heavy atom. The highest BCUT2D eigenvalue weighted by molar-refractivity contribution is 5.83. The van der Waals surface area contributed by atoms with E-state index in [4.69, 9.17) is 10.5 Å². The third kappa shape index (κ3) is 5.85. The number of nitrogens with two attached hydrogens (primary N) is 1. The molecule has 0 bridgehead atoms. The van der Waals surface area contributed by atoms with Crippen molar-refractivity contribution in [3.05, 3.63) is 29.3 Å². The molecule has 2 atom stereocenters. The van der Waals surface area contributed by atoms with Gasteiger partial charge in [0.25, 0.3) is 0 Å². The highest BCUT2D eigenvalue weighted by atomic mass is 16.5. The van der Waals surface area contributed by atoms with Crippen LogP contribution < -0.4 is 15.8 Å². The number of Topliss-reactive ketones (excluding diaryl/α,β-unsaturated/α-hetero) is 1. The Bertz CT molecular complexity index is 508. The summed E-state index contributed by atoms with van der Waals surface area (Å²) in [6.07, 6.45) is 0.688. The number of nitrogens with one attached hydrogen (secondary N) is 1. The van der Waals surface area contributed by atoms with Crippen molar-refractivity contribution >= 4 is 11.7 Å². The van der Waals surface area contributed by atoms with Crippen molar-refractivity contribution in [3.63, 3.8) is 0 Å². The molecule has 0 aromatic heterocycles. The van der Waals surface area contributed by atoms with Crippen molar-refractivity contribution in [2.75, 3.05) is 6.61 Å². The van der Waals surface area contributed by atoms with E-state index in [0.717, 1.165) is 16.9 Å². The molecule has 0 aliphatic carbocycles. The summed E-state index contributed by atoms with van der Waals surface area (Å²) in [7, 11) is 0. The van der Waals surface area contributed by atoms with Crippen LogP contribution in [-0.4, -0.2) is 30.4 Å². The van der Waals surface area contributed by atoms with E-state index in [0.29, 0.717) is 19.4 Å². The van der Waals surface area contributed by atoms with Crippen molar-refractivity contribution in [1.82, 2.24) is 5.32 Å². The average Bonchev–Trinajstić information content (AvgIpc) is 2.44. The molecular formula is C17H26N2O3. The molecule has 1 aromatic carbocycles. The number of ether oxygens (including phenoxy) is 1. The Hall–Kier alpha value is -1.88. The Balaban J connectivity index is 2.44. The Labute approximate surface area is 132 Å². The van der Waals surface area contributed by atoms with Crippen LogP contribution in [0.2, 0.25) is 0 Å². The zero-order chi connectivity index (χ0) is 16.7. The molecule has 5 heteroatoms. The average molecular weight is 306 g/mol. The molecule has 122 valence electrons. The van der Waals surface area contributed by atoms with Crippen LogP contribution in [0.4, 0.5) is 0 Å². The molecule has 1 aromatic rings. The highest BCUT2D eigenvalue weighted by Crippen LogP contribution is 2.22. The van der Waals surface area contributed by atoms with Gasteiger partial charge in [0.15, 0.2) is 0 Å². The second-order valence-corrected chi connectivity index (χ2v) is 5.79. The molecule has 0 aliphatic rings. The number of benzene rings is 1. The zero-order valence-corrected chi connectivity index (χ0v) is 13.8. The summed E-state index contributed by atoms with van der Waals surface area (Å²) in [4.78, 5) is 22.8. The molecular weight excluding hydrogens is 280 g/mol. The van der Waals surface area contributed by atoms with Crippen molar-refractivity contribution in [1.29, 1.82) is 0 Å². The molecule has 22 heavy (non-hydrogen) atoms. The lowest BCUT2D eigenvalue weighted by Gasteiger charge is -2.19. The number of amides is 1. The van der Waals surface area contributed by atoms with Gasteiger partial charge in [-0.3, -0.25) is 4.79 Å². The van der Waals surface area contributed by atoms with E-state index in [9.17, 15) is 9.59 Å². The largest absolute Gasteiger partial charge is 0.491 e. The van der Waals surface area contributed by atoms with E-state index < -0.39 is 6.04 Å². The molecule has 5 nitrogen and oxygen atoms in total. The van der Waals surface area contributed by atoms with Crippen LogP contribution in [0.1, 0.15) is 37.8 Å². The fourth-order valence-electron chi connectivity index (χ4n) is 2.12. The SMILES string of the molecule is CC(=O)CC[C@H](N)C(=O)NC(C)COc1c(C)cccc1C. The van der Waals surface area contributed by atoms with Gasteiger partial charge in [-0.2, -0.15) is 0 Å². The first-order chi connectivity index (χ1) is 10.3. The van der Waals surface area contributed by atoms with Gasteiger partial charge in [-0.1, -0.05) is 18.2 Å². The van der Waals surface area contributed by atoms with Crippen LogP contribution in [0.25, 0.3) is 0 Å². The number of hydrogen-bond donors (Lipinski definition) is 2. The minimum absolute atomic E-state index is 0.0367. The summed E-state index contributed by atoms with van der Waals surface area (Å²) in [5.41, 5.74) is 7.90. The number of rotatable bonds is 8. The molecule has 0 radical (unpaired) electrons. The van der Waals surface area contributed by atoms with E-state index >= 15 is 0 Å². The molecule has 0 fully saturated rings. The van der Waals surface area contributed by atoms with E-state index in [1.807, 2.05) is 39.0 Å². The van der Waals surface area contributed by atoms with Gasteiger partial charge >= 0.3 is 0 Å². The molecule has 0 spiro atoms. The van der Waals surface area contributed by atoms with Crippen LogP contribution in [-0.2, 0) is 9.59 Å². The first-order valence-corrected chi connectivity index (χ1v) is 7.55. The molecule has 1 unspecified atom stereocenters. The topological polar surface area (TPSA) is 81.4 Å². The minimum Gasteiger partial charge on any atom is -0.491 e. The summed E-state index contributed by atoms with van der Waals surface area (Å²) in [5.74, 6) is 0.637. The summed E-state index contributed by atoms with van der Waals surface area (Å²) in [6, 6.07) is 5.14. The predicted octanol–water partition coefficient (Wildman–Crippen LogP) is 1.88. The quantitative estimate of drug-likeness (QED) is 0.768. The second kappa shape index (κ2) is 8.54. The Kier molecular flexibility index (Phi) is 7.05. The van der Waals surface area contributed by atoms with Gasteiger partial charge in [0.05, 0.1) is 12.1 Å². The van der Waals surface area contributed by atoms with Gasteiger partial charge in [0.2, 0.25) is 5.91 Å². The van der Waals surface area contributed by atoms with E-state index in [-0.39, 0.29) is 17.7 Å². The lowest BCUT2D eigenvalue weighted by Crippen LogP contribution is -2.46. The Morgan fingerprint density at radius 2 is 1.86 bits per heavy atom. The van der Waals surface area contributed by atoms with Gasteiger partial charge in [-0.25, -0.2) is 0 Å². The van der Waals surface area contributed by atoms with Crippen LogP contribution >= 0.6 is 0 Å². The van der Waals surface area contributed by atoms with Gasteiger partial charge in [0.1, 0.15) is 18.1 Å². The summed E-state index contributed by atoms with van der Waals surface area (Å²) >= 11 is 0. The van der Waals surface area contributed by atoms with Crippen LogP contribution in [0.3, 0.4) is 0 Å². The number of ketones is 1. The molecule has 0 aliphatic heterocycles. The number of carbonyl (C=O) groups is 2. The maximum atomic E-state index is 11.9. The first kappa shape index (κ1) is 18.2. The van der Waals surface area contributed by atoms with Crippen molar-refractivity contribution in [2.45, 2.75) is 52.6 Å². The maximum absolute atomic E-state index is 11.9. The molecule has 3 N–H and O–H groups in total. The normalized spacial score (nSPS) is 13.3. The van der Waals surface area contributed by atoms with Gasteiger partial charge in [-0.15, -0.1) is 0 Å². The smallest absolute Gasteiger partial charge is 0.237 e. The number of para-hydroxylation sites is 1. The van der Waals surface area contributed by atoms with E-state index in [2.05, 4.69) is 5.32 Å². The molecule has 1 amide bonds. The van der Waals surface area contributed by atoms with Gasteiger partial charge in [0, 0.05) is 6.42 Å². The summed E-state index contributed by atoms with van der Waals surface area (Å²) in [6.45, 7) is 7.71. The summed E-state index contributed by atoms with van der Waals surface area (Å²) in [5, 5.41) is 2.81.